The summed E-state index contributed by atoms with van der Waals surface area (Å²) in [6.45, 7) is 0. The molecule has 0 aliphatic heterocycles. The fourth-order valence-electron chi connectivity index (χ4n) is 1.44. The second kappa shape index (κ2) is 5.74. The molecule has 1 aromatic carbocycles. The molecule has 1 heterocycles. The standard InChI is InChI=1S/C12H8F2N2O3S/c13-6-1-2-8(9(14)3-6)11(19)16-12-15-7(5-20-12)4-10(17)18/h1-3,5H,4H2,(H,17,18)(H,15,16,19). The van der Waals surface area contributed by atoms with Crippen LogP contribution in [0.1, 0.15) is 16.1 Å². The molecule has 104 valence electrons. The number of carbonyl (C=O) groups is 2. The average molecular weight is 298 g/mol. The van der Waals surface area contributed by atoms with Crippen molar-refractivity contribution in [1.29, 1.82) is 0 Å². The van der Waals surface area contributed by atoms with E-state index in [1.807, 2.05) is 0 Å². The number of halogens is 2. The quantitative estimate of drug-likeness (QED) is 0.907. The lowest BCUT2D eigenvalue weighted by molar-refractivity contribution is -0.136. The van der Waals surface area contributed by atoms with E-state index in [-0.39, 0.29) is 22.8 Å². The number of hydrogen-bond donors (Lipinski definition) is 2. The third-order valence-corrected chi connectivity index (χ3v) is 3.09. The van der Waals surface area contributed by atoms with Crippen molar-refractivity contribution in [2.75, 3.05) is 5.32 Å². The van der Waals surface area contributed by atoms with Gasteiger partial charge >= 0.3 is 5.97 Å². The zero-order valence-corrected chi connectivity index (χ0v) is 10.7. The number of carbonyl (C=O) groups excluding carboxylic acids is 1. The summed E-state index contributed by atoms with van der Waals surface area (Å²) in [5, 5.41) is 12.5. The monoisotopic (exact) mass is 298 g/mol. The fourth-order valence-corrected chi connectivity index (χ4v) is 2.14. The highest BCUT2D eigenvalue weighted by Gasteiger charge is 2.14. The maximum atomic E-state index is 13.4. The van der Waals surface area contributed by atoms with Crippen LogP contribution in [-0.2, 0) is 11.2 Å². The Labute approximate surface area is 115 Å². The molecule has 2 rings (SSSR count). The molecule has 0 aliphatic rings. The van der Waals surface area contributed by atoms with Crippen LogP contribution in [0.5, 0.6) is 0 Å². The molecule has 0 saturated heterocycles. The second-order valence-electron chi connectivity index (χ2n) is 3.79. The first-order chi connectivity index (χ1) is 9.45. The molecule has 0 aliphatic carbocycles. The van der Waals surface area contributed by atoms with Crippen LogP contribution in [0.3, 0.4) is 0 Å². The van der Waals surface area contributed by atoms with E-state index >= 15 is 0 Å². The van der Waals surface area contributed by atoms with E-state index in [4.69, 9.17) is 5.11 Å². The zero-order chi connectivity index (χ0) is 14.7. The van der Waals surface area contributed by atoms with Gasteiger partial charge in [-0.25, -0.2) is 13.8 Å². The topological polar surface area (TPSA) is 79.3 Å². The average Bonchev–Trinajstić information content (AvgIpc) is 2.75. The third kappa shape index (κ3) is 3.35. The molecule has 5 nitrogen and oxygen atoms in total. The summed E-state index contributed by atoms with van der Waals surface area (Å²) >= 11 is 1.02. The van der Waals surface area contributed by atoms with E-state index in [2.05, 4.69) is 10.3 Å². The molecular formula is C12H8F2N2O3S. The molecule has 1 aromatic heterocycles. The molecule has 20 heavy (non-hydrogen) atoms. The third-order valence-electron chi connectivity index (χ3n) is 2.28. The van der Waals surface area contributed by atoms with Crippen molar-refractivity contribution in [3.8, 4) is 0 Å². The molecule has 1 amide bonds. The van der Waals surface area contributed by atoms with Gasteiger partial charge in [0.05, 0.1) is 17.7 Å². The highest BCUT2D eigenvalue weighted by Crippen LogP contribution is 2.18. The van der Waals surface area contributed by atoms with Gasteiger partial charge in [0.15, 0.2) is 5.13 Å². The Morgan fingerprint density at radius 1 is 1.35 bits per heavy atom. The Hall–Kier alpha value is -2.35. The van der Waals surface area contributed by atoms with Crippen LogP contribution in [0, 0.1) is 11.6 Å². The summed E-state index contributed by atoms with van der Waals surface area (Å²) in [4.78, 5) is 26.1. The van der Waals surface area contributed by atoms with Crippen LogP contribution in [0.15, 0.2) is 23.6 Å². The number of nitrogens with zero attached hydrogens (tertiary/aromatic N) is 1. The van der Waals surface area contributed by atoms with Gasteiger partial charge in [-0.1, -0.05) is 0 Å². The minimum absolute atomic E-state index is 0.148. The van der Waals surface area contributed by atoms with Gasteiger partial charge in [0, 0.05) is 11.4 Å². The lowest BCUT2D eigenvalue weighted by atomic mass is 10.2. The Kier molecular flexibility index (Phi) is 4.04. The number of thiazole rings is 1. The Morgan fingerprint density at radius 2 is 2.10 bits per heavy atom. The number of amides is 1. The van der Waals surface area contributed by atoms with E-state index in [9.17, 15) is 18.4 Å². The summed E-state index contributed by atoms with van der Waals surface area (Å²) in [6, 6.07) is 2.59. The first-order valence-electron chi connectivity index (χ1n) is 5.38. The van der Waals surface area contributed by atoms with E-state index in [1.165, 1.54) is 5.38 Å². The number of aliphatic carboxylic acids is 1. The van der Waals surface area contributed by atoms with Crippen LogP contribution >= 0.6 is 11.3 Å². The first kappa shape index (κ1) is 14.1. The minimum atomic E-state index is -1.04. The SMILES string of the molecule is O=C(O)Cc1csc(NC(=O)c2ccc(F)cc2F)n1. The zero-order valence-electron chi connectivity index (χ0n) is 9.89. The van der Waals surface area contributed by atoms with Crippen molar-refractivity contribution in [1.82, 2.24) is 4.98 Å². The molecule has 0 fully saturated rings. The maximum Gasteiger partial charge on any atom is 0.309 e. The van der Waals surface area contributed by atoms with Gasteiger partial charge in [0.1, 0.15) is 11.6 Å². The molecule has 0 atom stereocenters. The highest BCUT2D eigenvalue weighted by atomic mass is 32.1. The number of benzene rings is 1. The molecule has 2 N–H and O–H groups in total. The highest BCUT2D eigenvalue weighted by molar-refractivity contribution is 7.14. The predicted molar refractivity (Wildman–Crippen MR) is 67.8 cm³/mol. The fraction of sp³-hybridized carbons (Fsp3) is 0.0833. The van der Waals surface area contributed by atoms with E-state index in [1.54, 1.807) is 0 Å². The number of rotatable bonds is 4. The number of anilines is 1. The van der Waals surface area contributed by atoms with Gasteiger partial charge < -0.3 is 5.11 Å². The normalized spacial score (nSPS) is 10.3. The van der Waals surface area contributed by atoms with E-state index in [0.29, 0.717) is 6.07 Å². The van der Waals surface area contributed by atoms with Gasteiger partial charge in [-0.05, 0) is 12.1 Å². The summed E-state index contributed by atoms with van der Waals surface area (Å²) in [5.74, 6) is -3.58. The lowest BCUT2D eigenvalue weighted by Gasteiger charge is -2.02. The number of nitrogens with one attached hydrogen (secondary N) is 1. The van der Waals surface area contributed by atoms with E-state index < -0.39 is 23.5 Å². The number of aromatic nitrogens is 1. The summed E-state index contributed by atoms with van der Waals surface area (Å²) in [5.41, 5.74) is -0.0289. The van der Waals surface area contributed by atoms with Crippen LogP contribution in [0.4, 0.5) is 13.9 Å². The van der Waals surface area contributed by atoms with Gasteiger partial charge in [0.2, 0.25) is 0 Å². The van der Waals surface area contributed by atoms with Crippen molar-refractivity contribution in [3.63, 3.8) is 0 Å². The molecule has 0 bridgehead atoms. The van der Waals surface area contributed by atoms with Crippen molar-refractivity contribution in [3.05, 3.63) is 46.5 Å². The number of carboxylic acid groups (broad SMARTS) is 1. The van der Waals surface area contributed by atoms with Gasteiger partial charge in [-0.3, -0.25) is 14.9 Å². The van der Waals surface area contributed by atoms with Gasteiger partial charge in [-0.15, -0.1) is 11.3 Å². The van der Waals surface area contributed by atoms with Crippen molar-refractivity contribution in [2.24, 2.45) is 0 Å². The minimum Gasteiger partial charge on any atom is -0.481 e. The predicted octanol–water partition coefficient (Wildman–Crippen LogP) is 2.30. The van der Waals surface area contributed by atoms with Crippen LogP contribution < -0.4 is 5.32 Å². The Morgan fingerprint density at radius 3 is 2.75 bits per heavy atom. The molecule has 8 heteroatoms. The van der Waals surface area contributed by atoms with Crippen molar-refractivity contribution >= 4 is 28.3 Å². The van der Waals surface area contributed by atoms with Crippen LogP contribution in [0.25, 0.3) is 0 Å². The summed E-state index contributed by atoms with van der Waals surface area (Å²) in [7, 11) is 0. The molecular weight excluding hydrogens is 290 g/mol. The van der Waals surface area contributed by atoms with Crippen LogP contribution in [0.2, 0.25) is 0 Å². The molecule has 2 aromatic rings. The number of hydrogen-bond acceptors (Lipinski definition) is 4. The summed E-state index contributed by atoms with van der Waals surface area (Å²) < 4.78 is 26.1. The second-order valence-corrected chi connectivity index (χ2v) is 4.65. The number of carboxylic acids is 1. The smallest absolute Gasteiger partial charge is 0.309 e. The Balaban J connectivity index is 2.11. The maximum absolute atomic E-state index is 13.4. The van der Waals surface area contributed by atoms with Gasteiger partial charge in [0.25, 0.3) is 5.91 Å². The Bertz CT molecular complexity index is 672. The van der Waals surface area contributed by atoms with E-state index in [0.717, 1.165) is 23.5 Å². The largest absolute Gasteiger partial charge is 0.481 e. The molecule has 0 spiro atoms. The lowest BCUT2D eigenvalue weighted by Crippen LogP contribution is -2.14. The molecule has 0 radical (unpaired) electrons. The van der Waals surface area contributed by atoms with Gasteiger partial charge in [-0.2, -0.15) is 0 Å². The molecule has 0 unspecified atom stereocenters. The molecule has 0 saturated carbocycles. The van der Waals surface area contributed by atoms with Crippen LogP contribution in [-0.4, -0.2) is 22.0 Å². The first-order valence-corrected chi connectivity index (χ1v) is 6.26. The summed E-state index contributed by atoms with van der Waals surface area (Å²) in [6.07, 6.45) is -0.267. The van der Waals surface area contributed by atoms with Crippen molar-refractivity contribution < 1.29 is 23.5 Å². The van der Waals surface area contributed by atoms with Crippen molar-refractivity contribution in [2.45, 2.75) is 6.42 Å².